The predicted octanol–water partition coefficient (Wildman–Crippen LogP) is 5.66. The summed E-state index contributed by atoms with van der Waals surface area (Å²) >= 11 is 0. The highest BCUT2D eigenvalue weighted by molar-refractivity contribution is 5.96. The summed E-state index contributed by atoms with van der Waals surface area (Å²) in [4.78, 5) is 4.95. The molecule has 134 valence electrons. The molecule has 2 rings (SSSR count). The van der Waals surface area contributed by atoms with Crippen LogP contribution in [0.3, 0.4) is 0 Å². The van der Waals surface area contributed by atoms with Crippen molar-refractivity contribution in [2.45, 2.75) is 60.4 Å². The third kappa shape index (κ3) is 5.09. The van der Waals surface area contributed by atoms with Gasteiger partial charge in [-0.05, 0) is 68.9 Å². The molecule has 0 spiro atoms. The Hall–Kier alpha value is -2.29. The number of benzene rings is 2. The number of aliphatic imine (C=N–C) groups is 1. The van der Waals surface area contributed by atoms with Crippen LogP contribution in [0.4, 0.5) is 11.4 Å². The van der Waals surface area contributed by atoms with Crippen molar-refractivity contribution in [3.63, 3.8) is 0 Å². The second-order valence-corrected chi connectivity index (χ2v) is 6.79. The minimum atomic E-state index is 0.353. The molecule has 0 bridgehead atoms. The zero-order valence-corrected chi connectivity index (χ0v) is 16.4. The van der Waals surface area contributed by atoms with Crippen molar-refractivity contribution in [1.29, 1.82) is 0 Å². The van der Waals surface area contributed by atoms with Gasteiger partial charge in [-0.25, -0.2) is 4.99 Å². The van der Waals surface area contributed by atoms with Gasteiger partial charge in [-0.3, -0.25) is 0 Å². The first kappa shape index (κ1) is 19.0. The molecule has 0 saturated heterocycles. The van der Waals surface area contributed by atoms with E-state index in [9.17, 15) is 0 Å². The van der Waals surface area contributed by atoms with Crippen LogP contribution >= 0.6 is 0 Å². The first-order chi connectivity index (χ1) is 11.9. The number of hydrogen-bond donors (Lipinski definition) is 2. The van der Waals surface area contributed by atoms with Crippen LogP contribution in [0.25, 0.3) is 0 Å². The molecule has 2 aromatic rings. The Morgan fingerprint density at radius 1 is 1.00 bits per heavy atom. The van der Waals surface area contributed by atoms with Gasteiger partial charge in [0.2, 0.25) is 5.96 Å². The summed E-state index contributed by atoms with van der Waals surface area (Å²) in [6.45, 7) is 12.9. The van der Waals surface area contributed by atoms with E-state index in [0.29, 0.717) is 6.04 Å². The molecule has 0 aliphatic rings. The number of aryl methyl sites for hydroxylation is 4. The second kappa shape index (κ2) is 8.70. The van der Waals surface area contributed by atoms with Gasteiger partial charge in [0.25, 0.3) is 0 Å². The van der Waals surface area contributed by atoms with Crippen molar-refractivity contribution in [1.82, 2.24) is 5.32 Å². The quantitative estimate of drug-likeness (QED) is 0.545. The van der Waals surface area contributed by atoms with E-state index in [1.54, 1.807) is 0 Å². The van der Waals surface area contributed by atoms with Crippen LogP contribution in [0.2, 0.25) is 0 Å². The number of nitrogens with one attached hydrogen (secondary N) is 2. The van der Waals surface area contributed by atoms with Gasteiger partial charge >= 0.3 is 0 Å². The van der Waals surface area contributed by atoms with Crippen LogP contribution in [0.15, 0.2) is 41.4 Å². The van der Waals surface area contributed by atoms with E-state index >= 15 is 0 Å². The Balaban J connectivity index is 2.41. The van der Waals surface area contributed by atoms with Crippen LogP contribution in [0.5, 0.6) is 0 Å². The lowest BCUT2D eigenvalue weighted by atomic mass is 10.0. The lowest BCUT2D eigenvalue weighted by Gasteiger charge is -2.19. The summed E-state index contributed by atoms with van der Waals surface area (Å²) in [7, 11) is 0. The average molecular weight is 338 g/mol. The summed E-state index contributed by atoms with van der Waals surface area (Å²) in [5.74, 6) is 0.805. The van der Waals surface area contributed by atoms with E-state index in [-0.39, 0.29) is 0 Å². The molecule has 2 N–H and O–H groups in total. The normalized spacial score (nSPS) is 12.8. The molecule has 0 aliphatic carbocycles. The molecule has 0 radical (unpaired) electrons. The minimum Gasteiger partial charge on any atom is -0.353 e. The van der Waals surface area contributed by atoms with Crippen molar-refractivity contribution in [2.75, 3.05) is 5.32 Å². The van der Waals surface area contributed by atoms with Crippen LogP contribution in [-0.2, 0) is 6.42 Å². The predicted molar refractivity (Wildman–Crippen MR) is 110 cm³/mol. The van der Waals surface area contributed by atoms with Gasteiger partial charge in [0.15, 0.2) is 0 Å². The van der Waals surface area contributed by atoms with Gasteiger partial charge in [-0.2, -0.15) is 0 Å². The molecule has 0 unspecified atom stereocenters. The lowest BCUT2D eigenvalue weighted by Crippen LogP contribution is -2.37. The molecule has 0 aromatic heterocycles. The molecule has 0 fully saturated rings. The zero-order valence-electron chi connectivity index (χ0n) is 16.4. The number of nitrogens with zero attached hydrogens (tertiary/aromatic N) is 1. The summed E-state index contributed by atoms with van der Waals surface area (Å²) in [6.07, 6.45) is 2.09. The van der Waals surface area contributed by atoms with Crippen LogP contribution in [0, 0.1) is 20.8 Å². The molecular formula is C22H31N3. The van der Waals surface area contributed by atoms with Gasteiger partial charge < -0.3 is 10.6 Å². The average Bonchev–Trinajstić information content (AvgIpc) is 2.59. The highest BCUT2D eigenvalue weighted by Crippen LogP contribution is 2.26. The maximum absolute atomic E-state index is 4.95. The number of para-hydroxylation sites is 1. The van der Waals surface area contributed by atoms with Gasteiger partial charge in [0.1, 0.15) is 0 Å². The summed E-state index contributed by atoms with van der Waals surface area (Å²) in [6, 6.07) is 13.1. The minimum absolute atomic E-state index is 0.353. The fourth-order valence-electron chi connectivity index (χ4n) is 2.81. The Bertz CT molecular complexity index is 724. The number of anilines is 1. The molecule has 2 aromatic carbocycles. The molecule has 0 aliphatic heterocycles. The van der Waals surface area contributed by atoms with Crippen LogP contribution in [0.1, 0.15) is 49.4 Å². The maximum Gasteiger partial charge on any atom is 0.201 e. The van der Waals surface area contributed by atoms with Gasteiger partial charge in [-0.15, -0.1) is 0 Å². The molecule has 0 saturated carbocycles. The van der Waals surface area contributed by atoms with Crippen molar-refractivity contribution in [2.24, 2.45) is 4.99 Å². The van der Waals surface area contributed by atoms with Crippen LogP contribution < -0.4 is 10.6 Å². The largest absolute Gasteiger partial charge is 0.353 e. The SMILES string of the molecule is CCc1cc(C)c(/N=C(/Nc2ccccc2C)N[C@@H](C)CC)c(C)c1. The summed E-state index contributed by atoms with van der Waals surface area (Å²) < 4.78 is 0. The highest BCUT2D eigenvalue weighted by Gasteiger charge is 2.09. The lowest BCUT2D eigenvalue weighted by molar-refractivity contribution is 0.641. The monoisotopic (exact) mass is 337 g/mol. The number of guanidine groups is 1. The zero-order chi connectivity index (χ0) is 18.4. The molecule has 0 heterocycles. The first-order valence-corrected chi connectivity index (χ1v) is 9.22. The molecular weight excluding hydrogens is 306 g/mol. The highest BCUT2D eigenvalue weighted by atomic mass is 15.2. The van der Waals surface area contributed by atoms with Gasteiger partial charge in [0.05, 0.1) is 5.69 Å². The van der Waals surface area contributed by atoms with E-state index in [1.165, 1.54) is 22.3 Å². The third-order valence-corrected chi connectivity index (χ3v) is 4.58. The van der Waals surface area contributed by atoms with Crippen molar-refractivity contribution < 1.29 is 0 Å². The number of hydrogen-bond acceptors (Lipinski definition) is 1. The second-order valence-electron chi connectivity index (χ2n) is 6.79. The maximum atomic E-state index is 4.95. The third-order valence-electron chi connectivity index (χ3n) is 4.58. The van der Waals surface area contributed by atoms with E-state index < -0.39 is 0 Å². The van der Waals surface area contributed by atoms with Gasteiger partial charge in [-0.1, -0.05) is 44.2 Å². The van der Waals surface area contributed by atoms with Gasteiger partial charge in [0, 0.05) is 11.7 Å². The fourth-order valence-corrected chi connectivity index (χ4v) is 2.81. The van der Waals surface area contributed by atoms with E-state index in [2.05, 4.69) is 82.5 Å². The topological polar surface area (TPSA) is 36.4 Å². The Labute approximate surface area is 152 Å². The molecule has 25 heavy (non-hydrogen) atoms. The van der Waals surface area contributed by atoms with Crippen LogP contribution in [-0.4, -0.2) is 12.0 Å². The fraction of sp³-hybridized carbons (Fsp3) is 0.409. The molecule has 3 heteroatoms. The molecule has 1 atom stereocenters. The summed E-state index contributed by atoms with van der Waals surface area (Å²) in [5.41, 5.74) is 7.12. The van der Waals surface area contributed by atoms with E-state index in [4.69, 9.17) is 4.99 Å². The summed E-state index contributed by atoms with van der Waals surface area (Å²) in [5, 5.41) is 7.00. The smallest absolute Gasteiger partial charge is 0.201 e. The molecule has 3 nitrogen and oxygen atoms in total. The first-order valence-electron chi connectivity index (χ1n) is 9.22. The Morgan fingerprint density at radius 3 is 2.20 bits per heavy atom. The Kier molecular flexibility index (Phi) is 6.63. The standard InChI is InChI=1S/C22H31N3/c1-7-18(6)23-22(24-20-12-10-9-11-15(20)3)25-21-16(4)13-19(8-2)14-17(21)5/h9-14,18H,7-8H2,1-6H3,(H2,23,24,25)/t18-/m0/s1. The number of rotatable bonds is 5. The Morgan fingerprint density at radius 2 is 1.64 bits per heavy atom. The van der Waals surface area contributed by atoms with E-state index in [1.807, 2.05) is 6.07 Å². The molecule has 0 amide bonds. The van der Waals surface area contributed by atoms with Crippen molar-refractivity contribution in [3.05, 3.63) is 58.7 Å². The van der Waals surface area contributed by atoms with E-state index in [0.717, 1.165) is 30.2 Å². The van der Waals surface area contributed by atoms with Crippen molar-refractivity contribution >= 4 is 17.3 Å². The van der Waals surface area contributed by atoms with Crippen molar-refractivity contribution in [3.8, 4) is 0 Å².